The summed E-state index contributed by atoms with van der Waals surface area (Å²) in [6, 6.07) is 6.54. The van der Waals surface area contributed by atoms with Crippen molar-refractivity contribution in [2.24, 2.45) is 5.73 Å². The predicted molar refractivity (Wildman–Crippen MR) is 76.1 cm³/mol. The summed E-state index contributed by atoms with van der Waals surface area (Å²) in [4.78, 5) is 0.363. The number of hydrogen-bond donors (Lipinski definition) is 1. The molecule has 2 rings (SSSR count). The SMILES string of the molecule is Cl.NC1CCC(S(=O)(=O)c2ccc(Cl)cc2)CC1. The number of halogens is 2. The second-order valence-corrected chi connectivity index (χ2v) is 7.20. The number of hydrogen-bond acceptors (Lipinski definition) is 3. The summed E-state index contributed by atoms with van der Waals surface area (Å²) in [6.07, 6.45) is 2.90. The van der Waals surface area contributed by atoms with Crippen LogP contribution in [-0.4, -0.2) is 19.7 Å². The van der Waals surface area contributed by atoms with Crippen LogP contribution in [0, 0.1) is 0 Å². The first kappa shape index (κ1) is 15.8. The van der Waals surface area contributed by atoms with Crippen LogP contribution < -0.4 is 5.73 Å². The third kappa shape index (κ3) is 3.38. The minimum Gasteiger partial charge on any atom is -0.328 e. The molecular weight excluding hydrogens is 293 g/mol. The van der Waals surface area contributed by atoms with E-state index in [0.717, 1.165) is 12.8 Å². The van der Waals surface area contributed by atoms with Crippen molar-refractivity contribution < 1.29 is 8.42 Å². The maximum absolute atomic E-state index is 12.3. The van der Waals surface area contributed by atoms with Crippen LogP contribution in [0.1, 0.15) is 25.7 Å². The lowest BCUT2D eigenvalue weighted by atomic mass is 9.96. The Morgan fingerprint density at radius 3 is 2.06 bits per heavy atom. The van der Waals surface area contributed by atoms with Crippen molar-refractivity contribution in [3.05, 3.63) is 29.3 Å². The average Bonchev–Trinajstić information content (AvgIpc) is 2.30. The minimum absolute atomic E-state index is 0. The van der Waals surface area contributed by atoms with Gasteiger partial charge in [0.15, 0.2) is 9.84 Å². The fraction of sp³-hybridized carbons (Fsp3) is 0.500. The summed E-state index contributed by atoms with van der Waals surface area (Å²) in [6.45, 7) is 0. The molecule has 1 aromatic rings. The lowest BCUT2D eigenvalue weighted by Crippen LogP contribution is -2.33. The fourth-order valence-corrected chi connectivity index (χ4v) is 4.13. The van der Waals surface area contributed by atoms with E-state index in [-0.39, 0.29) is 23.7 Å². The maximum atomic E-state index is 12.3. The van der Waals surface area contributed by atoms with E-state index < -0.39 is 9.84 Å². The van der Waals surface area contributed by atoms with Gasteiger partial charge in [-0.05, 0) is 49.9 Å². The molecule has 18 heavy (non-hydrogen) atoms. The van der Waals surface area contributed by atoms with E-state index in [2.05, 4.69) is 0 Å². The van der Waals surface area contributed by atoms with Crippen molar-refractivity contribution in [3.63, 3.8) is 0 Å². The molecule has 2 N–H and O–H groups in total. The summed E-state index contributed by atoms with van der Waals surface area (Å²) in [5.74, 6) is 0. The highest BCUT2D eigenvalue weighted by Crippen LogP contribution is 2.28. The largest absolute Gasteiger partial charge is 0.328 e. The molecule has 0 unspecified atom stereocenters. The smallest absolute Gasteiger partial charge is 0.181 e. The number of nitrogens with two attached hydrogens (primary N) is 1. The Bertz CT molecular complexity index is 479. The van der Waals surface area contributed by atoms with Crippen molar-refractivity contribution in [2.75, 3.05) is 0 Å². The molecule has 0 amide bonds. The Kier molecular flexibility index (Phi) is 5.46. The maximum Gasteiger partial charge on any atom is 0.181 e. The first-order chi connectivity index (χ1) is 8.00. The van der Waals surface area contributed by atoms with Gasteiger partial charge in [-0.2, -0.15) is 0 Å². The normalized spacial score (nSPS) is 24.3. The first-order valence-electron chi connectivity index (χ1n) is 5.75. The van der Waals surface area contributed by atoms with Crippen LogP contribution in [0.25, 0.3) is 0 Å². The molecule has 1 aliphatic carbocycles. The molecule has 0 aliphatic heterocycles. The van der Waals surface area contributed by atoms with E-state index in [1.54, 1.807) is 24.3 Å². The lowest BCUT2D eigenvalue weighted by molar-refractivity contribution is 0.434. The quantitative estimate of drug-likeness (QED) is 0.914. The van der Waals surface area contributed by atoms with E-state index in [0.29, 0.717) is 22.8 Å². The van der Waals surface area contributed by atoms with E-state index >= 15 is 0 Å². The van der Waals surface area contributed by atoms with Crippen LogP contribution in [0.5, 0.6) is 0 Å². The van der Waals surface area contributed by atoms with Gasteiger partial charge in [0.05, 0.1) is 10.1 Å². The lowest BCUT2D eigenvalue weighted by Gasteiger charge is -2.25. The summed E-state index contributed by atoms with van der Waals surface area (Å²) >= 11 is 5.76. The van der Waals surface area contributed by atoms with Crippen molar-refractivity contribution in [2.45, 2.75) is 41.9 Å². The molecule has 0 saturated heterocycles. The van der Waals surface area contributed by atoms with Crippen LogP contribution in [0.4, 0.5) is 0 Å². The molecule has 102 valence electrons. The van der Waals surface area contributed by atoms with E-state index in [1.165, 1.54) is 0 Å². The van der Waals surface area contributed by atoms with Gasteiger partial charge in [0, 0.05) is 11.1 Å². The molecule has 0 spiro atoms. The fourth-order valence-electron chi connectivity index (χ4n) is 2.22. The molecule has 1 saturated carbocycles. The van der Waals surface area contributed by atoms with Crippen LogP contribution in [0.2, 0.25) is 5.02 Å². The van der Waals surface area contributed by atoms with Crippen molar-refractivity contribution in [3.8, 4) is 0 Å². The van der Waals surface area contributed by atoms with Gasteiger partial charge in [-0.25, -0.2) is 8.42 Å². The van der Waals surface area contributed by atoms with Crippen LogP contribution in [-0.2, 0) is 9.84 Å². The Hall–Kier alpha value is -0.290. The highest BCUT2D eigenvalue weighted by molar-refractivity contribution is 7.92. The summed E-state index contributed by atoms with van der Waals surface area (Å²) in [5, 5.41) is 0.262. The van der Waals surface area contributed by atoms with Crippen molar-refractivity contribution in [1.29, 1.82) is 0 Å². The first-order valence-corrected chi connectivity index (χ1v) is 7.67. The highest BCUT2D eigenvalue weighted by atomic mass is 35.5. The Labute approximate surface area is 119 Å². The second kappa shape index (κ2) is 6.24. The number of sulfone groups is 1. The van der Waals surface area contributed by atoms with Gasteiger partial charge in [0.2, 0.25) is 0 Å². The topological polar surface area (TPSA) is 60.2 Å². The summed E-state index contributed by atoms with van der Waals surface area (Å²) < 4.78 is 24.6. The van der Waals surface area contributed by atoms with Crippen LogP contribution >= 0.6 is 24.0 Å². The van der Waals surface area contributed by atoms with Crippen LogP contribution in [0.15, 0.2) is 29.2 Å². The third-order valence-electron chi connectivity index (χ3n) is 3.30. The molecule has 3 nitrogen and oxygen atoms in total. The zero-order chi connectivity index (χ0) is 12.5. The van der Waals surface area contributed by atoms with Gasteiger partial charge in [-0.1, -0.05) is 11.6 Å². The van der Waals surface area contributed by atoms with Crippen LogP contribution in [0.3, 0.4) is 0 Å². The highest BCUT2D eigenvalue weighted by Gasteiger charge is 2.30. The van der Waals surface area contributed by atoms with Crippen molar-refractivity contribution >= 4 is 33.8 Å². The Balaban J connectivity index is 0.00000162. The molecule has 1 fully saturated rings. The molecule has 0 aromatic heterocycles. The Morgan fingerprint density at radius 1 is 1.06 bits per heavy atom. The van der Waals surface area contributed by atoms with Gasteiger partial charge in [-0.15, -0.1) is 12.4 Å². The summed E-state index contributed by atoms with van der Waals surface area (Å²) in [7, 11) is -3.22. The van der Waals surface area contributed by atoms with E-state index in [1.807, 2.05) is 0 Å². The van der Waals surface area contributed by atoms with E-state index in [4.69, 9.17) is 17.3 Å². The van der Waals surface area contributed by atoms with E-state index in [9.17, 15) is 8.42 Å². The molecule has 1 aromatic carbocycles. The summed E-state index contributed by atoms with van der Waals surface area (Å²) in [5.41, 5.74) is 5.79. The molecule has 0 atom stereocenters. The monoisotopic (exact) mass is 309 g/mol. The van der Waals surface area contributed by atoms with Crippen molar-refractivity contribution in [1.82, 2.24) is 0 Å². The molecule has 6 heteroatoms. The van der Waals surface area contributed by atoms with Gasteiger partial charge in [-0.3, -0.25) is 0 Å². The zero-order valence-electron chi connectivity index (χ0n) is 9.88. The number of benzene rings is 1. The molecule has 0 heterocycles. The zero-order valence-corrected chi connectivity index (χ0v) is 12.3. The number of rotatable bonds is 2. The minimum atomic E-state index is -3.22. The van der Waals surface area contributed by atoms with Gasteiger partial charge < -0.3 is 5.73 Å². The third-order valence-corrected chi connectivity index (χ3v) is 5.83. The predicted octanol–water partition coefficient (Wildman–Crippen LogP) is 2.81. The Morgan fingerprint density at radius 2 is 1.56 bits per heavy atom. The van der Waals surface area contributed by atoms with Gasteiger partial charge >= 0.3 is 0 Å². The molecular formula is C12H17Cl2NO2S. The van der Waals surface area contributed by atoms with Gasteiger partial charge in [0.25, 0.3) is 0 Å². The molecule has 0 bridgehead atoms. The molecule has 1 aliphatic rings. The standard InChI is InChI=1S/C12H16ClNO2S.ClH/c13-9-1-5-11(6-2-9)17(15,16)12-7-3-10(14)4-8-12;/h1-2,5-6,10,12H,3-4,7-8,14H2;1H. The second-order valence-electron chi connectivity index (χ2n) is 4.54. The average molecular weight is 310 g/mol. The van der Waals surface area contributed by atoms with Gasteiger partial charge in [0.1, 0.15) is 0 Å². The molecule has 0 radical (unpaired) electrons.